The Morgan fingerprint density at radius 1 is 1.19 bits per heavy atom. The maximum absolute atomic E-state index is 11.9. The van der Waals surface area contributed by atoms with Crippen molar-refractivity contribution >= 4 is 0 Å². The molecule has 7 atom stereocenters. The lowest BCUT2D eigenvalue weighted by molar-refractivity contribution is -0.136. The lowest BCUT2D eigenvalue weighted by Gasteiger charge is -2.57. The molecule has 5 rings (SSSR count). The highest BCUT2D eigenvalue weighted by molar-refractivity contribution is 5.27. The zero-order chi connectivity index (χ0) is 21.9. The highest BCUT2D eigenvalue weighted by atomic mass is 16.3. The number of aromatic nitrogens is 3. The first kappa shape index (κ1) is 21.1. The van der Waals surface area contributed by atoms with Crippen molar-refractivity contribution in [2.24, 2.45) is 40.2 Å². The van der Waals surface area contributed by atoms with Crippen LogP contribution in [0.2, 0.25) is 0 Å². The Labute approximate surface area is 184 Å². The molecule has 3 aliphatic rings. The van der Waals surface area contributed by atoms with E-state index in [2.05, 4.69) is 29.0 Å². The van der Waals surface area contributed by atoms with Gasteiger partial charge in [0.25, 0.3) is 0 Å². The van der Waals surface area contributed by atoms with Crippen molar-refractivity contribution in [3.05, 3.63) is 47.5 Å². The molecule has 0 amide bonds. The number of aromatic amines is 1. The van der Waals surface area contributed by atoms with E-state index in [9.17, 15) is 10.2 Å². The summed E-state index contributed by atoms with van der Waals surface area (Å²) in [7, 11) is 0. The molecule has 3 aliphatic carbocycles. The number of nitrogens with one attached hydrogen (secondary N) is 1. The summed E-state index contributed by atoms with van der Waals surface area (Å²) in [4.78, 5) is 4.56. The van der Waals surface area contributed by atoms with Crippen LogP contribution in [0, 0.1) is 34.5 Å². The molecule has 2 heterocycles. The van der Waals surface area contributed by atoms with Crippen LogP contribution < -0.4 is 5.73 Å². The Bertz CT molecular complexity index is 933. The van der Waals surface area contributed by atoms with E-state index in [4.69, 9.17) is 5.73 Å². The third kappa shape index (κ3) is 2.87. The average Bonchev–Trinajstić information content (AvgIpc) is 3.34. The summed E-state index contributed by atoms with van der Waals surface area (Å²) in [6.45, 7) is 5.43. The number of pyridine rings is 1. The third-order valence-corrected chi connectivity index (χ3v) is 9.78. The van der Waals surface area contributed by atoms with Gasteiger partial charge in [0.2, 0.25) is 0 Å². The minimum Gasteiger partial charge on any atom is -0.396 e. The van der Waals surface area contributed by atoms with Gasteiger partial charge in [-0.3, -0.25) is 10.1 Å². The van der Waals surface area contributed by atoms with E-state index in [1.165, 1.54) is 11.3 Å². The van der Waals surface area contributed by atoms with E-state index in [1.54, 1.807) is 6.20 Å². The van der Waals surface area contributed by atoms with Crippen molar-refractivity contribution in [2.45, 2.75) is 58.0 Å². The molecule has 0 saturated heterocycles. The fraction of sp³-hybridized carbons (Fsp3) is 0.680. The Hall–Kier alpha value is -1.76. The molecule has 2 aromatic heterocycles. The number of H-pyrrole nitrogens is 1. The predicted octanol–water partition coefficient (Wildman–Crippen LogP) is 2.81. The Kier molecular flexibility index (Phi) is 5.03. The van der Waals surface area contributed by atoms with E-state index in [0.29, 0.717) is 24.3 Å². The largest absolute Gasteiger partial charge is 0.396 e. The molecule has 6 nitrogen and oxygen atoms in total. The second-order valence-corrected chi connectivity index (χ2v) is 10.8. The van der Waals surface area contributed by atoms with Crippen molar-refractivity contribution < 1.29 is 10.2 Å². The van der Waals surface area contributed by atoms with E-state index in [-0.39, 0.29) is 23.4 Å². The molecule has 5 N–H and O–H groups in total. The smallest absolute Gasteiger partial charge is 0.112 e. The average molecular weight is 425 g/mol. The van der Waals surface area contributed by atoms with E-state index >= 15 is 0 Å². The van der Waals surface area contributed by atoms with Gasteiger partial charge in [0.15, 0.2) is 0 Å². The molecule has 0 bridgehead atoms. The monoisotopic (exact) mass is 424 g/mol. The van der Waals surface area contributed by atoms with Crippen LogP contribution in [0.4, 0.5) is 0 Å². The van der Waals surface area contributed by atoms with Crippen LogP contribution in [0.1, 0.15) is 56.5 Å². The van der Waals surface area contributed by atoms with Crippen LogP contribution in [-0.2, 0) is 18.4 Å². The van der Waals surface area contributed by atoms with Gasteiger partial charge >= 0.3 is 0 Å². The summed E-state index contributed by atoms with van der Waals surface area (Å²) in [5.41, 5.74) is 8.58. The Morgan fingerprint density at radius 2 is 2.00 bits per heavy atom. The summed E-state index contributed by atoms with van der Waals surface area (Å²) in [6, 6.07) is 5.85. The van der Waals surface area contributed by atoms with Gasteiger partial charge in [-0.15, -0.1) is 0 Å². The van der Waals surface area contributed by atoms with Gasteiger partial charge in [0.1, 0.15) is 5.60 Å². The second kappa shape index (κ2) is 7.39. The SMILES string of the molecule is C[C@]1([C@H]2CC[C@@]3(C)[C@@H](CC[C@@]3(O)c3ccccn3)[C@@H]2CN)Cc2cn[nH]c2C[C@@H]1CO. The molecule has 0 unspecified atom stereocenters. The van der Waals surface area contributed by atoms with Crippen LogP contribution in [0.15, 0.2) is 30.6 Å². The second-order valence-electron chi connectivity index (χ2n) is 10.8. The van der Waals surface area contributed by atoms with Crippen molar-refractivity contribution in [1.29, 1.82) is 0 Å². The number of rotatable bonds is 4. The van der Waals surface area contributed by atoms with Gasteiger partial charge in [0, 0.05) is 23.9 Å². The van der Waals surface area contributed by atoms with E-state index < -0.39 is 5.60 Å². The summed E-state index contributed by atoms with van der Waals surface area (Å²) < 4.78 is 0. The fourth-order valence-electron chi connectivity index (χ4n) is 7.89. The summed E-state index contributed by atoms with van der Waals surface area (Å²) in [6.07, 6.45) is 9.20. The zero-order valence-corrected chi connectivity index (χ0v) is 18.7. The highest BCUT2D eigenvalue weighted by Gasteiger charge is 2.64. The number of aliphatic hydroxyl groups is 2. The molecule has 2 fully saturated rings. The Balaban J connectivity index is 1.50. The molecule has 31 heavy (non-hydrogen) atoms. The molecule has 6 heteroatoms. The van der Waals surface area contributed by atoms with Crippen molar-refractivity contribution in [3.63, 3.8) is 0 Å². The first-order chi connectivity index (χ1) is 14.9. The topological polar surface area (TPSA) is 108 Å². The van der Waals surface area contributed by atoms with Gasteiger partial charge in [0.05, 0.1) is 11.9 Å². The van der Waals surface area contributed by atoms with Crippen LogP contribution in [0.5, 0.6) is 0 Å². The van der Waals surface area contributed by atoms with Gasteiger partial charge in [-0.2, -0.15) is 5.10 Å². The van der Waals surface area contributed by atoms with Crippen LogP contribution in [-0.4, -0.2) is 38.5 Å². The van der Waals surface area contributed by atoms with Gasteiger partial charge in [-0.25, -0.2) is 0 Å². The summed E-state index contributed by atoms with van der Waals surface area (Å²) in [5.74, 6) is 1.29. The van der Waals surface area contributed by atoms with Crippen molar-refractivity contribution in [1.82, 2.24) is 15.2 Å². The molecule has 168 valence electrons. The third-order valence-electron chi connectivity index (χ3n) is 9.78. The first-order valence-electron chi connectivity index (χ1n) is 11.8. The van der Waals surface area contributed by atoms with E-state index in [1.807, 2.05) is 24.4 Å². The predicted molar refractivity (Wildman–Crippen MR) is 119 cm³/mol. The number of hydrogen-bond acceptors (Lipinski definition) is 5. The standard InChI is InChI=1S/C25H36N4O2/c1-23(12-16-14-28-29-21(16)11-17(23)15-30)19-6-8-24(2)20(18(19)13-26)7-9-25(24,31)22-5-3-4-10-27-22/h3-5,10,14,17-20,30-31H,6-9,11-13,15,26H2,1-2H3,(H,28,29)/t17-,18-,19+,20+,23+,24+,25-/m1/s1. The molecular formula is C25H36N4O2. The zero-order valence-electron chi connectivity index (χ0n) is 18.7. The van der Waals surface area contributed by atoms with Crippen LogP contribution in [0.25, 0.3) is 0 Å². The van der Waals surface area contributed by atoms with Gasteiger partial charge in [-0.1, -0.05) is 19.9 Å². The maximum atomic E-state index is 11.9. The highest BCUT2D eigenvalue weighted by Crippen LogP contribution is 2.66. The van der Waals surface area contributed by atoms with Crippen molar-refractivity contribution in [2.75, 3.05) is 13.2 Å². The number of nitrogens with zero attached hydrogens (tertiary/aromatic N) is 2. The lowest BCUT2D eigenvalue weighted by atomic mass is 9.48. The van der Waals surface area contributed by atoms with Crippen LogP contribution in [0.3, 0.4) is 0 Å². The quantitative estimate of drug-likeness (QED) is 0.604. The first-order valence-corrected chi connectivity index (χ1v) is 11.8. The van der Waals surface area contributed by atoms with Crippen molar-refractivity contribution in [3.8, 4) is 0 Å². The molecule has 0 spiro atoms. The van der Waals surface area contributed by atoms with Gasteiger partial charge < -0.3 is 15.9 Å². The van der Waals surface area contributed by atoms with E-state index in [0.717, 1.165) is 44.2 Å². The summed E-state index contributed by atoms with van der Waals surface area (Å²) in [5, 5.41) is 29.7. The fourth-order valence-corrected chi connectivity index (χ4v) is 7.89. The Morgan fingerprint density at radius 3 is 2.71 bits per heavy atom. The maximum Gasteiger partial charge on any atom is 0.112 e. The normalized spacial score (nSPS) is 42.2. The summed E-state index contributed by atoms with van der Waals surface area (Å²) >= 11 is 0. The van der Waals surface area contributed by atoms with Gasteiger partial charge in [-0.05, 0) is 91.9 Å². The molecular weight excluding hydrogens is 388 g/mol. The molecule has 2 saturated carbocycles. The number of aliphatic hydroxyl groups excluding tert-OH is 1. The molecule has 0 radical (unpaired) electrons. The molecule has 2 aromatic rings. The lowest BCUT2D eigenvalue weighted by Crippen LogP contribution is -2.56. The minimum atomic E-state index is -0.904. The minimum absolute atomic E-state index is 0.0251. The van der Waals surface area contributed by atoms with Crippen LogP contribution >= 0.6 is 0 Å². The molecule has 0 aliphatic heterocycles. The number of hydrogen-bond donors (Lipinski definition) is 4. The molecule has 0 aromatic carbocycles. The number of nitrogens with two attached hydrogens (primary N) is 1. The number of fused-ring (bicyclic) bond motifs is 2.